The lowest BCUT2D eigenvalue weighted by molar-refractivity contribution is 0.773. The van der Waals surface area contributed by atoms with Gasteiger partial charge in [0.25, 0.3) is 0 Å². The van der Waals surface area contributed by atoms with E-state index in [1.165, 1.54) is 11.1 Å². The van der Waals surface area contributed by atoms with Gasteiger partial charge in [-0.25, -0.2) is 0 Å². The summed E-state index contributed by atoms with van der Waals surface area (Å²) in [4.78, 5) is 4.22. The Morgan fingerprint density at radius 3 is 2.39 bits per heavy atom. The van der Waals surface area contributed by atoms with E-state index in [0.717, 1.165) is 24.2 Å². The van der Waals surface area contributed by atoms with Crippen molar-refractivity contribution in [3.63, 3.8) is 0 Å². The smallest absolute Gasteiger partial charge is 0.0549 e. The Morgan fingerprint density at radius 1 is 1.06 bits per heavy atom. The zero-order valence-electron chi connectivity index (χ0n) is 10.5. The van der Waals surface area contributed by atoms with Crippen molar-refractivity contribution in [1.29, 1.82) is 0 Å². The summed E-state index contributed by atoms with van der Waals surface area (Å²) >= 11 is 0. The highest BCUT2D eigenvalue weighted by Crippen LogP contribution is 2.24. The molecule has 0 bridgehead atoms. The molecule has 0 aliphatic heterocycles. The molecule has 0 saturated heterocycles. The Bertz CT molecular complexity index is 526. The molecular formula is C15H17N3. The number of rotatable bonds is 3. The fourth-order valence-electron chi connectivity index (χ4n) is 2.55. The molecule has 0 atom stereocenters. The first kappa shape index (κ1) is 11.1. The fourth-order valence-corrected chi connectivity index (χ4v) is 2.55. The van der Waals surface area contributed by atoms with Gasteiger partial charge in [-0.3, -0.25) is 4.98 Å². The third-order valence-corrected chi connectivity index (χ3v) is 3.45. The summed E-state index contributed by atoms with van der Waals surface area (Å²) in [5.74, 6) is 0. The van der Waals surface area contributed by atoms with Gasteiger partial charge in [0.15, 0.2) is 0 Å². The van der Waals surface area contributed by atoms with Crippen LogP contribution in [0.25, 0.3) is 0 Å². The molecule has 2 N–H and O–H groups in total. The minimum atomic E-state index is 0.483. The van der Waals surface area contributed by atoms with Crippen LogP contribution in [0.1, 0.15) is 11.1 Å². The van der Waals surface area contributed by atoms with Gasteiger partial charge in [-0.2, -0.15) is 0 Å². The van der Waals surface area contributed by atoms with Crippen molar-refractivity contribution >= 4 is 11.4 Å². The van der Waals surface area contributed by atoms with E-state index in [2.05, 4.69) is 45.9 Å². The Hall–Kier alpha value is -2.03. The number of fused-ring (bicyclic) bond motifs is 1. The maximum Gasteiger partial charge on any atom is 0.0549 e. The quantitative estimate of drug-likeness (QED) is 0.864. The molecule has 1 aliphatic rings. The lowest BCUT2D eigenvalue weighted by atomic mass is 10.1. The second-order valence-electron chi connectivity index (χ2n) is 4.73. The number of aromatic nitrogens is 1. The molecule has 3 heteroatoms. The van der Waals surface area contributed by atoms with Crippen molar-refractivity contribution in [3.05, 3.63) is 53.9 Å². The van der Waals surface area contributed by atoms with Crippen molar-refractivity contribution < 1.29 is 0 Å². The zero-order valence-corrected chi connectivity index (χ0v) is 10.5. The Morgan fingerprint density at radius 2 is 1.72 bits per heavy atom. The van der Waals surface area contributed by atoms with Crippen LogP contribution < -0.4 is 10.6 Å². The van der Waals surface area contributed by atoms with Crippen LogP contribution in [0.15, 0.2) is 42.7 Å². The summed E-state index contributed by atoms with van der Waals surface area (Å²) in [5.41, 5.74) is 5.05. The van der Waals surface area contributed by atoms with Gasteiger partial charge in [0.1, 0.15) is 0 Å². The monoisotopic (exact) mass is 239 g/mol. The van der Waals surface area contributed by atoms with Crippen LogP contribution in [0, 0.1) is 0 Å². The normalized spacial score (nSPS) is 14.3. The lowest BCUT2D eigenvalue weighted by Gasteiger charge is -2.14. The van der Waals surface area contributed by atoms with Gasteiger partial charge in [-0.05, 0) is 30.0 Å². The van der Waals surface area contributed by atoms with E-state index >= 15 is 0 Å². The molecule has 1 heterocycles. The molecule has 0 spiro atoms. The molecule has 0 fully saturated rings. The highest BCUT2D eigenvalue weighted by molar-refractivity contribution is 5.54. The van der Waals surface area contributed by atoms with E-state index in [1.807, 2.05) is 19.4 Å². The standard InChI is InChI=1S/C15H17N3/c1-16-14-8-15(10-17-9-14)18-13-6-11-4-2-3-5-12(11)7-13/h2-5,8-10,13,16,18H,6-7H2,1H3. The highest BCUT2D eigenvalue weighted by Gasteiger charge is 2.20. The molecule has 92 valence electrons. The Kier molecular flexibility index (Phi) is 2.89. The Balaban J connectivity index is 1.72. The van der Waals surface area contributed by atoms with Crippen molar-refractivity contribution in [2.75, 3.05) is 17.7 Å². The first-order valence-electron chi connectivity index (χ1n) is 6.31. The van der Waals surface area contributed by atoms with Gasteiger partial charge in [0.05, 0.1) is 23.8 Å². The van der Waals surface area contributed by atoms with Crippen LogP contribution in [0.3, 0.4) is 0 Å². The van der Waals surface area contributed by atoms with E-state index < -0.39 is 0 Å². The van der Waals surface area contributed by atoms with E-state index in [4.69, 9.17) is 0 Å². The Labute approximate surface area is 107 Å². The van der Waals surface area contributed by atoms with E-state index in [9.17, 15) is 0 Å². The molecule has 1 aromatic carbocycles. The van der Waals surface area contributed by atoms with Crippen LogP contribution >= 0.6 is 0 Å². The molecule has 0 radical (unpaired) electrons. The number of hydrogen-bond acceptors (Lipinski definition) is 3. The van der Waals surface area contributed by atoms with Crippen LogP contribution in [0.2, 0.25) is 0 Å². The average molecular weight is 239 g/mol. The third-order valence-electron chi connectivity index (χ3n) is 3.45. The number of pyridine rings is 1. The van der Waals surface area contributed by atoms with Gasteiger partial charge >= 0.3 is 0 Å². The largest absolute Gasteiger partial charge is 0.387 e. The SMILES string of the molecule is CNc1cncc(NC2Cc3ccccc3C2)c1. The van der Waals surface area contributed by atoms with Crippen LogP contribution in [-0.2, 0) is 12.8 Å². The summed E-state index contributed by atoms with van der Waals surface area (Å²) in [5, 5.41) is 6.67. The summed E-state index contributed by atoms with van der Waals surface area (Å²) < 4.78 is 0. The number of nitrogens with zero attached hydrogens (tertiary/aromatic N) is 1. The highest BCUT2D eigenvalue weighted by atomic mass is 14.9. The summed E-state index contributed by atoms with van der Waals surface area (Å²) in [6.07, 6.45) is 5.90. The minimum absolute atomic E-state index is 0.483. The molecule has 0 amide bonds. The second kappa shape index (κ2) is 4.69. The molecule has 3 rings (SSSR count). The summed E-state index contributed by atoms with van der Waals surface area (Å²) in [6, 6.07) is 11.2. The van der Waals surface area contributed by atoms with Crippen molar-refractivity contribution in [1.82, 2.24) is 4.98 Å². The summed E-state index contributed by atoms with van der Waals surface area (Å²) in [6.45, 7) is 0. The van der Waals surface area contributed by atoms with Gasteiger partial charge < -0.3 is 10.6 Å². The average Bonchev–Trinajstić information content (AvgIpc) is 2.81. The lowest BCUT2D eigenvalue weighted by Crippen LogP contribution is -2.19. The number of nitrogens with one attached hydrogen (secondary N) is 2. The summed E-state index contributed by atoms with van der Waals surface area (Å²) in [7, 11) is 1.91. The van der Waals surface area contributed by atoms with Crippen LogP contribution in [-0.4, -0.2) is 18.1 Å². The molecule has 1 aromatic heterocycles. The van der Waals surface area contributed by atoms with Gasteiger partial charge in [0.2, 0.25) is 0 Å². The molecule has 1 aliphatic carbocycles. The van der Waals surface area contributed by atoms with Crippen LogP contribution in [0.4, 0.5) is 11.4 Å². The van der Waals surface area contributed by atoms with E-state index in [-0.39, 0.29) is 0 Å². The third kappa shape index (κ3) is 2.16. The maximum absolute atomic E-state index is 4.22. The van der Waals surface area contributed by atoms with Gasteiger partial charge in [-0.15, -0.1) is 0 Å². The molecular weight excluding hydrogens is 222 g/mol. The second-order valence-corrected chi connectivity index (χ2v) is 4.73. The van der Waals surface area contributed by atoms with E-state index in [0.29, 0.717) is 6.04 Å². The van der Waals surface area contributed by atoms with Crippen molar-refractivity contribution in [2.24, 2.45) is 0 Å². The topological polar surface area (TPSA) is 37.0 Å². The maximum atomic E-state index is 4.22. The molecule has 3 nitrogen and oxygen atoms in total. The van der Waals surface area contributed by atoms with Gasteiger partial charge in [0, 0.05) is 13.1 Å². The number of anilines is 2. The minimum Gasteiger partial charge on any atom is -0.387 e. The van der Waals surface area contributed by atoms with Gasteiger partial charge in [-0.1, -0.05) is 24.3 Å². The number of hydrogen-bond donors (Lipinski definition) is 2. The molecule has 18 heavy (non-hydrogen) atoms. The number of benzene rings is 1. The van der Waals surface area contributed by atoms with E-state index in [1.54, 1.807) is 0 Å². The van der Waals surface area contributed by atoms with Crippen molar-refractivity contribution in [2.45, 2.75) is 18.9 Å². The van der Waals surface area contributed by atoms with Crippen LogP contribution in [0.5, 0.6) is 0 Å². The predicted octanol–water partition coefficient (Wildman–Crippen LogP) is 2.70. The molecule has 0 saturated carbocycles. The zero-order chi connectivity index (χ0) is 12.4. The first-order valence-corrected chi connectivity index (χ1v) is 6.31. The fraction of sp³-hybridized carbons (Fsp3) is 0.267. The predicted molar refractivity (Wildman–Crippen MR) is 75.0 cm³/mol. The first-order chi connectivity index (χ1) is 8.85. The van der Waals surface area contributed by atoms with Crippen molar-refractivity contribution in [3.8, 4) is 0 Å². The molecule has 0 unspecified atom stereocenters. The molecule has 2 aromatic rings.